The average Bonchev–Trinajstić information content (AvgIpc) is 3.08. The standard InChI is InChI=1S/C20H16FN5O2S2/c1-11-2-7-14-15(8-11)30-19(23-14)24-18(28)10-29-20-25-17(27)9-16(22)26(20)13-5-3-12(21)4-6-13/h2-9H,10,22H2,1H3,(H,23,24,28). The summed E-state index contributed by atoms with van der Waals surface area (Å²) in [5, 5.41) is 3.50. The number of thiazole rings is 1. The lowest BCUT2D eigenvalue weighted by atomic mass is 10.2. The third kappa shape index (κ3) is 4.34. The van der Waals surface area contributed by atoms with Crippen LogP contribution in [-0.2, 0) is 4.79 Å². The molecule has 4 aromatic rings. The summed E-state index contributed by atoms with van der Waals surface area (Å²) in [7, 11) is 0. The Hall–Kier alpha value is -3.24. The van der Waals surface area contributed by atoms with Gasteiger partial charge in [-0.2, -0.15) is 4.98 Å². The minimum Gasteiger partial charge on any atom is -0.385 e. The maximum Gasteiger partial charge on any atom is 0.275 e. The van der Waals surface area contributed by atoms with Gasteiger partial charge in [0, 0.05) is 11.8 Å². The van der Waals surface area contributed by atoms with Crippen LogP contribution in [0.4, 0.5) is 15.3 Å². The second-order valence-corrected chi connectivity index (χ2v) is 8.41. The molecule has 0 saturated carbocycles. The van der Waals surface area contributed by atoms with E-state index in [4.69, 9.17) is 5.73 Å². The quantitative estimate of drug-likeness (QED) is 0.362. The highest BCUT2D eigenvalue weighted by molar-refractivity contribution is 7.99. The molecule has 0 aliphatic rings. The first-order valence-corrected chi connectivity index (χ1v) is 10.6. The van der Waals surface area contributed by atoms with E-state index in [-0.39, 0.29) is 22.6 Å². The van der Waals surface area contributed by atoms with Gasteiger partial charge >= 0.3 is 0 Å². The molecule has 0 radical (unpaired) electrons. The maximum absolute atomic E-state index is 13.3. The van der Waals surface area contributed by atoms with Gasteiger partial charge in [-0.15, -0.1) is 0 Å². The number of thioether (sulfide) groups is 1. The Labute approximate surface area is 178 Å². The number of hydrogen-bond donors (Lipinski definition) is 2. The van der Waals surface area contributed by atoms with Gasteiger partial charge in [0.15, 0.2) is 10.3 Å². The van der Waals surface area contributed by atoms with Gasteiger partial charge in [-0.3, -0.25) is 14.2 Å². The summed E-state index contributed by atoms with van der Waals surface area (Å²) in [6.45, 7) is 1.99. The van der Waals surface area contributed by atoms with Crippen molar-refractivity contribution in [3.05, 3.63) is 70.3 Å². The normalized spacial score (nSPS) is 11.0. The van der Waals surface area contributed by atoms with Crippen LogP contribution in [0.3, 0.4) is 0 Å². The molecule has 0 atom stereocenters. The van der Waals surface area contributed by atoms with Crippen molar-refractivity contribution in [3.63, 3.8) is 0 Å². The summed E-state index contributed by atoms with van der Waals surface area (Å²) >= 11 is 2.44. The Morgan fingerprint density at radius 2 is 1.97 bits per heavy atom. The molecule has 0 aliphatic carbocycles. The van der Waals surface area contributed by atoms with Crippen molar-refractivity contribution in [3.8, 4) is 5.69 Å². The van der Waals surface area contributed by atoms with E-state index in [0.29, 0.717) is 10.8 Å². The number of nitrogens with two attached hydrogens (primary N) is 1. The number of halogens is 1. The SMILES string of the molecule is Cc1ccc2nc(NC(=O)CSc3nc(=O)cc(N)n3-c3ccc(F)cc3)sc2c1. The van der Waals surface area contributed by atoms with Crippen LogP contribution in [0.2, 0.25) is 0 Å². The minimum absolute atomic E-state index is 0.00790. The van der Waals surface area contributed by atoms with Gasteiger partial charge in [-0.1, -0.05) is 29.2 Å². The van der Waals surface area contributed by atoms with Gasteiger partial charge < -0.3 is 11.1 Å². The lowest BCUT2D eigenvalue weighted by Gasteiger charge is -2.14. The molecule has 152 valence electrons. The Morgan fingerprint density at radius 1 is 1.20 bits per heavy atom. The average molecular weight is 442 g/mol. The van der Waals surface area contributed by atoms with Crippen molar-refractivity contribution in [1.29, 1.82) is 0 Å². The van der Waals surface area contributed by atoms with Crippen LogP contribution in [0.1, 0.15) is 5.56 Å². The number of amides is 1. The molecule has 30 heavy (non-hydrogen) atoms. The number of fused-ring (bicyclic) bond motifs is 1. The Bertz CT molecular complexity index is 1300. The summed E-state index contributed by atoms with van der Waals surface area (Å²) in [5.41, 5.74) is 7.93. The number of carbonyl (C=O) groups excluding carboxylic acids is 1. The highest BCUT2D eigenvalue weighted by Gasteiger charge is 2.14. The van der Waals surface area contributed by atoms with Crippen molar-refractivity contribution in [2.45, 2.75) is 12.1 Å². The minimum atomic E-state index is -0.518. The zero-order valence-corrected chi connectivity index (χ0v) is 17.4. The summed E-state index contributed by atoms with van der Waals surface area (Å²) < 4.78 is 15.7. The van der Waals surface area contributed by atoms with E-state index in [2.05, 4.69) is 15.3 Å². The molecule has 0 unspecified atom stereocenters. The van der Waals surface area contributed by atoms with Crippen molar-refractivity contribution >= 4 is 50.2 Å². The fraction of sp³-hybridized carbons (Fsp3) is 0.100. The number of aryl methyl sites for hydroxylation is 1. The molecule has 2 heterocycles. The van der Waals surface area contributed by atoms with Crippen molar-refractivity contribution in [1.82, 2.24) is 14.5 Å². The third-order valence-corrected chi connectivity index (χ3v) is 6.01. The number of nitrogen functional groups attached to an aromatic ring is 1. The van der Waals surface area contributed by atoms with Crippen LogP contribution in [0, 0.1) is 12.7 Å². The summed E-state index contributed by atoms with van der Waals surface area (Å²) in [6, 6.07) is 12.7. The van der Waals surface area contributed by atoms with Gasteiger partial charge in [-0.25, -0.2) is 9.37 Å². The maximum atomic E-state index is 13.3. The smallest absolute Gasteiger partial charge is 0.275 e. The monoisotopic (exact) mass is 441 g/mol. The number of hydrogen-bond acceptors (Lipinski definition) is 7. The molecule has 0 spiro atoms. The zero-order chi connectivity index (χ0) is 21.3. The van der Waals surface area contributed by atoms with E-state index >= 15 is 0 Å². The second-order valence-electron chi connectivity index (χ2n) is 6.44. The van der Waals surface area contributed by atoms with E-state index in [9.17, 15) is 14.0 Å². The Morgan fingerprint density at radius 3 is 2.73 bits per heavy atom. The van der Waals surface area contributed by atoms with Gasteiger partial charge in [0.05, 0.1) is 16.0 Å². The van der Waals surface area contributed by atoms with Gasteiger partial charge in [0.2, 0.25) is 5.91 Å². The third-order valence-electron chi connectivity index (χ3n) is 4.13. The van der Waals surface area contributed by atoms with Gasteiger partial charge in [-0.05, 0) is 48.9 Å². The molecule has 0 saturated heterocycles. The van der Waals surface area contributed by atoms with E-state index in [1.54, 1.807) is 0 Å². The van der Waals surface area contributed by atoms with E-state index < -0.39 is 11.4 Å². The van der Waals surface area contributed by atoms with Crippen LogP contribution in [0.5, 0.6) is 0 Å². The van der Waals surface area contributed by atoms with Crippen LogP contribution in [-0.4, -0.2) is 26.2 Å². The molecule has 0 bridgehead atoms. The molecule has 4 rings (SSSR count). The molecule has 10 heteroatoms. The van der Waals surface area contributed by atoms with E-state index in [1.807, 2.05) is 25.1 Å². The second kappa shape index (κ2) is 8.25. The highest BCUT2D eigenvalue weighted by atomic mass is 32.2. The largest absolute Gasteiger partial charge is 0.385 e. The number of nitrogens with one attached hydrogen (secondary N) is 1. The number of rotatable bonds is 5. The number of anilines is 2. The lowest BCUT2D eigenvalue weighted by molar-refractivity contribution is -0.113. The molecule has 7 nitrogen and oxygen atoms in total. The first-order valence-electron chi connectivity index (χ1n) is 8.84. The Balaban J connectivity index is 1.53. The predicted molar refractivity (Wildman–Crippen MR) is 118 cm³/mol. The molecule has 0 aliphatic heterocycles. The Kier molecular flexibility index (Phi) is 5.51. The van der Waals surface area contributed by atoms with E-state index in [0.717, 1.165) is 27.5 Å². The fourth-order valence-corrected chi connectivity index (χ4v) is 4.60. The van der Waals surface area contributed by atoms with Gasteiger partial charge in [0.25, 0.3) is 5.56 Å². The molecule has 3 N–H and O–H groups in total. The van der Waals surface area contributed by atoms with Crippen molar-refractivity contribution < 1.29 is 9.18 Å². The summed E-state index contributed by atoms with van der Waals surface area (Å²) in [5.74, 6) is -0.554. The topological polar surface area (TPSA) is 103 Å². The molecule has 2 aromatic heterocycles. The molecular weight excluding hydrogens is 425 g/mol. The van der Waals surface area contributed by atoms with Crippen molar-refractivity contribution in [2.24, 2.45) is 0 Å². The van der Waals surface area contributed by atoms with E-state index in [1.165, 1.54) is 46.2 Å². The molecule has 2 aromatic carbocycles. The van der Waals surface area contributed by atoms with Crippen LogP contribution in [0.15, 0.2) is 58.5 Å². The number of carbonyl (C=O) groups is 1. The summed E-state index contributed by atoms with van der Waals surface area (Å²) in [6.07, 6.45) is 0. The molecule has 0 fully saturated rings. The first-order chi connectivity index (χ1) is 14.4. The van der Waals surface area contributed by atoms with Crippen molar-refractivity contribution in [2.75, 3.05) is 16.8 Å². The summed E-state index contributed by atoms with van der Waals surface area (Å²) in [4.78, 5) is 32.6. The molecular formula is C20H16FN5O2S2. The fourth-order valence-electron chi connectivity index (χ4n) is 2.80. The van der Waals surface area contributed by atoms with Crippen LogP contribution in [0.25, 0.3) is 15.9 Å². The lowest BCUT2D eigenvalue weighted by Crippen LogP contribution is -2.19. The zero-order valence-electron chi connectivity index (χ0n) is 15.8. The predicted octanol–water partition coefficient (Wildman–Crippen LogP) is 3.60. The number of aromatic nitrogens is 3. The first kappa shape index (κ1) is 20.0. The van der Waals surface area contributed by atoms with Crippen LogP contribution < -0.4 is 16.6 Å². The van der Waals surface area contributed by atoms with Gasteiger partial charge in [0.1, 0.15) is 11.6 Å². The molecule has 1 amide bonds. The highest BCUT2D eigenvalue weighted by Crippen LogP contribution is 2.27. The number of nitrogens with zero attached hydrogens (tertiary/aromatic N) is 3. The number of benzene rings is 2. The van der Waals surface area contributed by atoms with Crippen LogP contribution >= 0.6 is 23.1 Å².